The molecular weight excluding hydrogens is 293 g/mol. The highest BCUT2D eigenvalue weighted by molar-refractivity contribution is 9.10. The molecule has 0 aliphatic carbocycles. The van der Waals surface area contributed by atoms with E-state index >= 15 is 0 Å². The first-order chi connectivity index (χ1) is 6.87. The molecule has 1 aromatic rings. The molecule has 1 unspecified atom stereocenters. The summed E-state index contributed by atoms with van der Waals surface area (Å²) in [5.74, 6) is 0. The van der Waals surface area contributed by atoms with E-state index in [9.17, 15) is 18.3 Å². The largest absolute Gasteiger partial charge is 0.393 e. The lowest BCUT2D eigenvalue weighted by atomic mass is 10.1. The van der Waals surface area contributed by atoms with Gasteiger partial charge in [-0.1, -0.05) is 0 Å². The summed E-state index contributed by atoms with van der Waals surface area (Å²) in [6.07, 6.45) is -5.99. The van der Waals surface area contributed by atoms with Crippen LogP contribution in [0.1, 0.15) is 17.7 Å². The Kier molecular flexibility index (Phi) is 4.61. The molecule has 1 N–H and O–H groups in total. The van der Waals surface area contributed by atoms with Crippen molar-refractivity contribution in [1.29, 1.82) is 0 Å². The summed E-state index contributed by atoms with van der Waals surface area (Å²) in [5, 5.41) is 11.2. The zero-order valence-electron chi connectivity index (χ0n) is 7.72. The van der Waals surface area contributed by atoms with Crippen molar-refractivity contribution in [2.45, 2.75) is 31.5 Å². The lowest BCUT2D eigenvalue weighted by Gasteiger charge is -2.10. The van der Waals surface area contributed by atoms with Gasteiger partial charge in [0.15, 0.2) is 0 Å². The molecule has 6 heteroatoms. The van der Waals surface area contributed by atoms with E-state index in [0.717, 1.165) is 9.35 Å². The highest BCUT2D eigenvalue weighted by atomic mass is 79.9. The lowest BCUT2D eigenvalue weighted by molar-refractivity contribution is -0.139. The monoisotopic (exact) mass is 302 g/mol. The van der Waals surface area contributed by atoms with Crippen LogP contribution in [0.5, 0.6) is 0 Å². The van der Waals surface area contributed by atoms with Crippen molar-refractivity contribution in [3.8, 4) is 0 Å². The van der Waals surface area contributed by atoms with Gasteiger partial charge in [-0.2, -0.15) is 13.2 Å². The molecule has 0 bridgehead atoms. The molecule has 1 atom stereocenters. The molecule has 1 nitrogen and oxygen atoms in total. The topological polar surface area (TPSA) is 20.2 Å². The van der Waals surface area contributed by atoms with E-state index in [0.29, 0.717) is 0 Å². The van der Waals surface area contributed by atoms with Crippen LogP contribution in [0, 0.1) is 0 Å². The molecule has 0 radical (unpaired) electrons. The quantitative estimate of drug-likeness (QED) is 0.898. The van der Waals surface area contributed by atoms with Crippen LogP contribution in [-0.4, -0.2) is 17.4 Å². The van der Waals surface area contributed by atoms with Gasteiger partial charge in [-0.3, -0.25) is 0 Å². The normalized spacial score (nSPS) is 14.2. The van der Waals surface area contributed by atoms with Crippen LogP contribution >= 0.6 is 27.3 Å². The summed E-state index contributed by atoms with van der Waals surface area (Å²) in [5.41, 5.74) is 0. The Labute approximate surface area is 98.1 Å². The van der Waals surface area contributed by atoms with Crippen molar-refractivity contribution in [3.05, 3.63) is 20.8 Å². The molecule has 0 saturated heterocycles. The van der Waals surface area contributed by atoms with Crippen molar-refractivity contribution in [1.82, 2.24) is 0 Å². The van der Waals surface area contributed by atoms with Crippen molar-refractivity contribution in [2.75, 3.05) is 0 Å². The van der Waals surface area contributed by atoms with Crippen LogP contribution in [0.4, 0.5) is 13.2 Å². The van der Waals surface area contributed by atoms with Gasteiger partial charge in [-0.25, -0.2) is 0 Å². The van der Waals surface area contributed by atoms with E-state index in [2.05, 4.69) is 15.9 Å². The third-order valence-electron chi connectivity index (χ3n) is 1.82. The molecule has 0 aliphatic rings. The molecule has 0 fully saturated rings. The molecule has 1 aromatic heterocycles. The number of aliphatic hydroxyl groups excluding tert-OH is 1. The fourth-order valence-electron chi connectivity index (χ4n) is 1.13. The number of aliphatic hydroxyl groups is 1. The molecule has 86 valence electrons. The van der Waals surface area contributed by atoms with Crippen LogP contribution in [0.15, 0.2) is 15.9 Å². The molecule has 0 aliphatic heterocycles. The Balaban J connectivity index is 2.33. The van der Waals surface area contributed by atoms with Crippen LogP contribution in [0.3, 0.4) is 0 Å². The van der Waals surface area contributed by atoms with Gasteiger partial charge < -0.3 is 5.11 Å². The van der Waals surface area contributed by atoms with Crippen LogP contribution in [0.2, 0.25) is 0 Å². The van der Waals surface area contributed by atoms with Gasteiger partial charge >= 0.3 is 6.18 Å². The maximum Gasteiger partial charge on any atom is 0.389 e. The molecule has 0 spiro atoms. The van der Waals surface area contributed by atoms with Gasteiger partial charge in [0.05, 0.1) is 6.10 Å². The van der Waals surface area contributed by atoms with E-state index in [1.807, 2.05) is 11.4 Å². The van der Waals surface area contributed by atoms with E-state index in [-0.39, 0.29) is 12.8 Å². The first-order valence-corrected chi connectivity index (χ1v) is 6.02. The minimum Gasteiger partial charge on any atom is -0.393 e. The highest BCUT2D eigenvalue weighted by Crippen LogP contribution is 2.25. The number of hydrogen-bond donors (Lipinski definition) is 1. The maximum absolute atomic E-state index is 11.8. The predicted octanol–water partition coefficient (Wildman–Crippen LogP) is 3.76. The number of thiophene rings is 1. The first-order valence-electron chi connectivity index (χ1n) is 4.34. The van der Waals surface area contributed by atoms with Crippen molar-refractivity contribution in [3.63, 3.8) is 0 Å². The zero-order chi connectivity index (χ0) is 11.5. The van der Waals surface area contributed by atoms with Crippen molar-refractivity contribution < 1.29 is 18.3 Å². The molecule has 0 aromatic carbocycles. The first kappa shape index (κ1) is 13.0. The Morgan fingerprint density at radius 2 is 2.13 bits per heavy atom. The smallest absolute Gasteiger partial charge is 0.389 e. The standard InChI is InChI=1S/C9H10BrF3OS/c10-6-3-8(15-5-6)4-7(14)1-2-9(11,12)13/h3,5,7,14H,1-2,4H2. The Bertz CT molecular complexity index is 311. The van der Waals surface area contributed by atoms with Gasteiger partial charge in [0.25, 0.3) is 0 Å². The van der Waals surface area contributed by atoms with Gasteiger partial charge in [0.2, 0.25) is 0 Å². The zero-order valence-corrected chi connectivity index (χ0v) is 10.1. The minimum atomic E-state index is -4.18. The van der Waals surface area contributed by atoms with Crippen LogP contribution < -0.4 is 0 Å². The fraction of sp³-hybridized carbons (Fsp3) is 0.556. The second-order valence-corrected chi connectivity index (χ2v) is 5.15. The van der Waals surface area contributed by atoms with Gasteiger partial charge in [-0.15, -0.1) is 11.3 Å². The Morgan fingerprint density at radius 3 is 2.60 bits per heavy atom. The molecular formula is C9H10BrF3OS. The Hall–Kier alpha value is -0.0700. The molecule has 15 heavy (non-hydrogen) atoms. The second-order valence-electron chi connectivity index (χ2n) is 3.24. The summed E-state index contributed by atoms with van der Waals surface area (Å²) in [4.78, 5) is 0.886. The van der Waals surface area contributed by atoms with Gasteiger partial charge in [0, 0.05) is 27.6 Å². The lowest BCUT2D eigenvalue weighted by Crippen LogP contribution is -2.15. The van der Waals surface area contributed by atoms with E-state index in [1.165, 1.54) is 11.3 Å². The predicted molar refractivity (Wildman–Crippen MR) is 57.0 cm³/mol. The van der Waals surface area contributed by atoms with Gasteiger partial charge in [0.1, 0.15) is 0 Å². The van der Waals surface area contributed by atoms with E-state index < -0.39 is 18.7 Å². The molecule has 0 saturated carbocycles. The summed E-state index contributed by atoms with van der Waals surface area (Å²) < 4.78 is 36.4. The average Bonchev–Trinajstić information content (AvgIpc) is 2.47. The summed E-state index contributed by atoms with van der Waals surface area (Å²) in [7, 11) is 0. The maximum atomic E-state index is 11.8. The Morgan fingerprint density at radius 1 is 1.47 bits per heavy atom. The molecule has 1 rings (SSSR count). The molecule has 0 amide bonds. The van der Waals surface area contributed by atoms with Crippen LogP contribution in [-0.2, 0) is 6.42 Å². The minimum absolute atomic E-state index is 0.237. The third kappa shape index (κ3) is 5.53. The second kappa shape index (κ2) is 5.32. The SMILES string of the molecule is OC(CCC(F)(F)F)Cc1cc(Br)cs1. The van der Waals surface area contributed by atoms with Crippen molar-refractivity contribution in [2.24, 2.45) is 0 Å². The average molecular weight is 303 g/mol. The number of halogens is 4. The van der Waals surface area contributed by atoms with Crippen LogP contribution in [0.25, 0.3) is 0 Å². The summed E-state index contributed by atoms with van der Waals surface area (Å²) in [6.45, 7) is 0. The third-order valence-corrected chi connectivity index (χ3v) is 3.54. The van der Waals surface area contributed by atoms with Gasteiger partial charge in [-0.05, 0) is 28.4 Å². The highest BCUT2D eigenvalue weighted by Gasteiger charge is 2.27. The number of hydrogen-bond acceptors (Lipinski definition) is 2. The number of alkyl halides is 3. The van der Waals surface area contributed by atoms with Crippen molar-refractivity contribution >= 4 is 27.3 Å². The van der Waals surface area contributed by atoms with E-state index in [1.54, 1.807) is 0 Å². The summed E-state index contributed by atoms with van der Waals surface area (Å²) in [6, 6.07) is 1.81. The summed E-state index contributed by atoms with van der Waals surface area (Å²) >= 11 is 4.66. The number of rotatable bonds is 4. The van der Waals surface area contributed by atoms with E-state index in [4.69, 9.17) is 0 Å². The fourth-order valence-corrected chi connectivity index (χ4v) is 2.65. The molecule has 1 heterocycles.